The predicted octanol–water partition coefficient (Wildman–Crippen LogP) is 3.67. The Balaban J connectivity index is 2.52. The van der Waals surface area contributed by atoms with Gasteiger partial charge in [-0.05, 0) is 38.5 Å². The number of rotatable bonds is 4. The zero-order valence-electron chi connectivity index (χ0n) is 9.71. The number of carbonyl (C=O) groups excluding carboxylic acids is 1. The van der Waals surface area contributed by atoms with E-state index >= 15 is 0 Å². The van der Waals surface area contributed by atoms with Crippen molar-refractivity contribution < 1.29 is 9.53 Å². The van der Waals surface area contributed by atoms with Gasteiger partial charge in [-0.3, -0.25) is 4.79 Å². The third kappa shape index (κ3) is 3.77. The zero-order chi connectivity index (χ0) is 12.2. The summed E-state index contributed by atoms with van der Waals surface area (Å²) in [5.74, 6) is 0.206. The number of halogens is 2. The molecule has 0 fully saturated rings. The molecular weight excluding hydrogens is 291 g/mol. The summed E-state index contributed by atoms with van der Waals surface area (Å²) in [5.41, 5.74) is 0. The Hall–Kier alpha value is -0.0200. The fourth-order valence-electron chi connectivity index (χ4n) is 1.97. The Labute approximate surface area is 111 Å². The monoisotopic (exact) mass is 308 g/mol. The van der Waals surface area contributed by atoms with Crippen molar-refractivity contribution in [3.8, 4) is 0 Å². The Morgan fingerprint density at radius 1 is 1.69 bits per heavy atom. The topological polar surface area (TPSA) is 26.3 Å². The molecule has 92 valence electrons. The summed E-state index contributed by atoms with van der Waals surface area (Å²) in [4.78, 5) is 10.8. The molecule has 3 unspecified atom stereocenters. The van der Waals surface area contributed by atoms with Crippen LogP contribution in [-0.4, -0.2) is 22.8 Å². The molecule has 4 heteroatoms. The quantitative estimate of drug-likeness (QED) is 0.450. The van der Waals surface area contributed by atoms with Crippen molar-refractivity contribution in [3.05, 3.63) is 12.2 Å². The Morgan fingerprint density at radius 3 is 2.88 bits per heavy atom. The molecule has 0 aliphatic heterocycles. The molecule has 0 aromatic heterocycles. The number of carbonyl (C=O) groups is 1. The lowest BCUT2D eigenvalue weighted by atomic mass is 9.87. The molecule has 0 aromatic rings. The first kappa shape index (κ1) is 14.0. The summed E-state index contributed by atoms with van der Waals surface area (Å²) < 4.78 is 4.70. The highest BCUT2D eigenvalue weighted by atomic mass is 79.9. The van der Waals surface area contributed by atoms with Crippen molar-refractivity contribution in [2.45, 2.75) is 42.3 Å². The van der Waals surface area contributed by atoms with Crippen molar-refractivity contribution >= 4 is 33.5 Å². The van der Waals surface area contributed by atoms with Crippen LogP contribution < -0.4 is 0 Å². The van der Waals surface area contributed by atoms with Gasteiger partial charge in [0.15, 0.2) is 0 Å². The van der Waals surface area contributed by atoms with Crippen LogP contribution in [0.2, 0.25) is 0 Å². The molecule has 2 nitrogen and oxygen atoms in total. The molecule has 0 heterocycles. The summed E-state index contributed by atoms with van der Waals surface area (Å²) >= 11 is 9.82. The zero-order valence-corrected chi connectivity index (χ0v) is 12.1. The molecule has 0 saturated heterocycles. The molecule has 0 aromatic carbocycles. The van der Waals surface area contributed by atoms with Crippen molar-refractivity contribution in [2.24, 2.45) is 5.92 Å². The molecule has 0 bridgehead atoms. The minimum atomic E-state index is -0.927. The lowest BCUT2D eigenvalue weighted by Gasteiger charge is -2.28. The summed E-state index contributed by atoms with van der Waals surface area (Å²) in [7, 11) is 1.37. The fourth-order valence-corrected chi connectivity index (χ4v) is 3.53. The minimum Gasteiger partial charge on any atom is -0.468 e. The summed E-state index contributed by atoms with van der Waals surface area (Å²) in [6.07, 6.45) is 8.33. The highest BCUT2D eigenvalue weighted by Gasteiger charge is 2.36. The normalized spacial score (nSPS) is 25.9. The standard InChI is InChI=1S/C12H18BrClO2/c1-12(14,11(15)16-2)8-10(13)9-6-4-3-5-7-9/h3-4,9-10H,5-8H2,1-2H3. The van der Waals surface area contributed by atoms with E-state index in [0.717, 1.165) is 19.3 Å². The van der Waals surface area contributed by atoms with Crippen LogP contribution in [0.5, 0.6) is 0 Å². The highest BCUT2D eigenvalue weighted by Crippen LogP contribution is 2.34. The van der Waals surface area contributed by atoms with Crippen LogP contribution in [0, 0.1) is 5.92 Å². The van der Waals surface area contributed by atoms with Crippen molar-refractivity contribution in [2.75, 3.05) is 7.11 Å². The van der Waals surface area contributed by atoms with E-state index in [-0.39, 0.29) is 10.8 Å². The number of hydrogen-bond acceptors (Lipinski definition) is 2. The Bertz CT molecular complexity index is 276. The van der Waals surface area contributed by atoms with Gasteiger partial charge < -0.3 is 4.74 Å². The van der Waals surface area contributed by atoms with Gasteiger partial charge in [0.05, 0.1) is 7.11 Å². The van der Waals surface area contributed by atoms with E-state index in [0.29, 0.717) is 12.3 Å². The maximum Gasteiger partial charge on any atom is 0.326 e. The van der Waals surface area contributed by atoms with Crippen molar-refractivity contribution in [1.29, 1.82) is 0 Å². The average molecular weight is 310 g/mol. The molecule has 1 aliphatic carbocycles. The van der Waals surface area contributed by atoms with Gasteiger partial charge in [-0.15, -0.1) is 11.6 Å². The maximum atomic E-state index is 11.5. The first-order valence-corrected chi connectivity index (χ1v) is 6.83. The fraction of sp³-hybridized carbons (Fsp3) is 0.750. The number of alkyl halides is 2. The maximum absolute atomic E-state index is 11.5. The van der Waals surface area contributed by atoms with Crippen LogP contribution in [0.25, 0.3) is 0 Å². The molecule has 1 rings (SSSR count). The lowest BCUT2D eigenvalue weighted by molar-refractivity contribution is -0.143. The van der Waals surface area contributed by atoms with Gasteiger partial charge in [-0.2, -0.15) is 0 Å². The molecule has 0 amide bonds. The number of allylic oxidation sites excluding steroid dienone is 2. The Kier molecular flexibility index (Phi) is 5.32. The van der Waals surface area contributed by atoms with Crippen LogP contribution in [0.15, 0.2) is 12.2 Å². The van der Waals surface area contributed by atoms with Crippen LogP contribution in [-0.2, 0) is 9.53 Å². The molecule has 0 spiro atoms. The third-order valence-electron chi connectivity index (χ3n) is 3.01. The van der Waals surface area contributed by atoms with Crippen LogP contribution in [0.4, 0.5) is 0 Å². The summed E-state index contributed by atoms with van der Waals surface area (Å²) in [6.45, 7) is 1.72. The molecule has 0 radical (unpaired) electrons. The van der Waals surface area contributed by atoms with Crippen LogP contribution in [0.1, 0.15) is 32.6 Å². The van der Waals surface area contributed by atoms with Gasteiger partial charge in [0, 0.05) is 4.83 Å². The van der Waals surface area contributed by atoms with Crippen molar-refractivity contribution in [1.82, 2.24) is 0 Å². The SMILES string of the molecule is COC(=O)C(C)(Cl)CC(Br)C1CC=CCC1. The van der Waals surface area contributed by atoms with Crippen LogP contribution >= 0.6 is 27.5 Å². The minimum absolute atomic E-state index is 0.263. The van der Waals surface area contributed by atoms with E-state index in [9.17, 15) is 4.79 Å². The second-order valence-electron chi connectivity index (χ2n) is 4.45. The largest absolute Gasteiger partial charge is 0.468 e. The van der Waals surface area contributed by atoms with Gasteiger partial charge in [-0.1, -0.05) is 28.1 Å². The first-order chi connectivity index (χ1) is 7.47. The van der Waals surface area contributed by atoms with Gasteiger partial charge >= 0.3 is 5.97 Å². The van der Waals surface area contributed by atoms with E-state index in [4.69, 9.17) is 16.3 Å². The van der Waals surface area contributed by atoms with E-state index in [2.05, 4.69) is 28.1 Å². The van der Waals surface area contributed by atoms with E-state index in [1.54, 1.807) is 6.92 Å². The van der Waals surface area contributed by atoms with Gasteiger partial charge in [0.2, 0.25) is 0 Å². The lowest BCUT2D eigenvalue weighted by Crippen LogP contribution is -2.35. The van der Waals surface area contributed by atoms with Gasteiger partial charge in [0.25, 0.3) is 0 Å². The smallest absolute Gasteiger partial charge is 0.326 e. The third-order valence-corrected chi connectivity index (χ3v) is 4.39. The van der Waals surface area contributed by atoms with Gasteiger partial charge in [0.1, 0.15) is 4.87 Å². The average Bonchev–Trinajstić information content (AvgIpc) is 2.28. The summed E-state index contributed by atoms with van der Waals surface area (Å²) in [5, 5.41) is 0. The Morgan fingerprint density at radius 2 is 2.38 bits per heavy atom. The number of esters is 1. The molecule has 0 N–H and O–H groups in total. The van der Waals surface area contributed by atoms with Crippen molar-refractivity contribution in [3.63, 3.8) is 0 Å². The van der Waals surface area contributed by atoms with Gasteiger partial charge in [-0.25, -0.2) is 0 Å². The van der Waals surface area contributed by atoms with E-state index in [1.807, 2.05) is 0 Å². The first-order valence-electron chi connectivity index (χ1n) is 5.54. The second kappa shape index (κ2) is 6.06. The molecule has 1 aliphatic rings. The van der Waals surface area contributed by atoms with E-state index < -0.39 is 4.87 Å². The van der Waals surface area contributed by atoms with E-state index in [1.165, 1.54) is 7.11 Å². The second-order valence-corrected chi connectivity index (χ2v) is 6.46. The predicted molar refractivity (Wildman–Crippen MR) is 70.1 cm³/mol. The number of ether oxygens (including phenoxy) is 1. The number of hydrogen-bond donors (Lipinski definition) is 0. The highest BCUT2D eigenvalue weighted by molar-refractivity contribution is 9.09. The number of methoxy groups -OCH3 is 1. The molecular formula is C12H18BrClO2. The molecule has 3 atom stereocenters. The van der Waals surface area contributed by atoms with Crippen LogP contribution in [0.3, 0.4) is 0 Å². The molecule has 16 heavy (non-hydrogen) atoms. The molecule has 0 saturated carbocycles. The summed E-state index contributed by atoms with van der Waals surface area (Å²) in [6, 6.07) is 0.